The fraction of sp³-hybridized carbons (Fsp3) is 0.333. The highest BCUT2D eigenvalue weighted by Crippen LogP contribution is 2.14. The maximum absolute atomic E-state index is 12.7. The van der Waals surface area contributed by atoms with Crippen molar-refractivity contribution in [3.63, 3.8) is 0 Å². The van der Waals surface area contributed by atoms with Crippen molar-refractivity contribution in [2.75, 3.05) is 6.54 Å². The number of nitrogens with two attached hydrogens (primary N) is 1. The van der Waals surface area contributed by atoms with Crippen LogP contribution in [0.1, 0.15) is 12.0 Å². The third-order valence-electron chi connectivity index (χ3n) is 1.59. The van der Waals surface area contributed by atoms with Gasteiger partial charge in [-0.05, 0) is 43.1 Å². The van der Waals surface area contributed by atoms with Crippen LogP contribution in [-0.4, -0.2) is 6.54 Å². The molecule has 0 heterocycles. The second-order valence-electron chi connectivity index (χ2n) is 2.67. The number of benzene rings is 1. The van der Waals surface area contributed by atoms with E-state index >= 15 is 0 Å². The van der Waals surface area contributed by atoms with Crippen molar-refractivity contribution in [1.82, 2.24) is 0 Å². The molecule has 0 saturated carbocycles. The quantitative estimate of drug-likeness (QED) is 0.773. The van der Waals surface area contributed by atoms with E-state index in [1.165, 1.54) is 12.1 Å². The van der Waals surface area contributed by atoms with E-state index in [4.69, 9.17) is 17.3 Å². The first kappa shape index (κ1) is 9.49. The Bertz CT molecular complexity index is 242. The molecular formula is C9H11ClFN. The Morgan fingerprint density at radius 1 is 1.33 bits per heavy atom. The second-order valence-corrected chi connectivity index (χ2v) is 3.11. The van der Waals surface area contributed by atoms with Crippen LogP contribution in [0.3, 0.4) is 0 Å². The lowest BCUT2D eigenvalue weighted by Gasteiger charge is -2.00. The molecule has 3 heteroatoms. The van der Waals surface area contributed by atoms with Gasteiger partial charge in [-0.1, -0.05) is 11.6 Å². The van der Waals surface area contributed by atoms with Crippen LogP contribution in [0.4, 0.5) is 4.39 Å². The number of rotatable bonds is 3. The van der Waals surface area contributed by atoms with E-state index in [9.17, 15) is 4.39 Å². The predicted octanol–water partition coefficient (Wildman–Crippen LogP) is 2.37. The molecule has 0 aliphatic carbocycles. The summed E-state index contributed by atoms with van der Waals surface area (Å²) in [6.45, 7) is 0.619. The Morgan fingerprint density at radius 2 is 2.08 bits per heavy atom. The smallest absolute Gasteiger partial charge is 0.124 e. The molecule has 1 rings (SSSR count). The van der Waals surface area contributed by atoms with Crippen molar-refractivity contribution >= 4 is 11.6 Å². The molecule has 1 nitrogen and oxygen atoms in total. The molecule has 0 saturated heterocycles. The summed E-state index contributed by atoms with van der Waals surface area (Å²) in [6.07, 6.45) is 1.65. The summed E-state index contributed by atoms with van der Waals surface area (Å²) in [7, 11) is 0. The van der Waals surface area contributed by atoms with Crippen LogP contribution in [0.2, 0.25) is 5.02 Å². The topological polar surface area (TPSA) is 26.0 Å². The first-order valence-corrected chi connectivity index (χ1v) is 4.25. The first-order valence-electron chi connectivity index (χ1n) is 3.87. The molecule has 0 aliphatic heterocycles. The minimum Gasteiger partial charge on any atom is -0.330 e. The molecular weight excluding hydrogens is 177 g/mol. The van der Waals surface area contributed by atoms with Gasteiger partial charge in [-0.25, -0.2) is 4.39 Å². The SMILES string of the molecule is NCCCc1cc(F)cc(Cl)c1. The van der Waals surface area contributed by atoms with Gasteiger partial charge >= 0.3 is 0 Å². The third kappa shape index (κ3) is 2.80. The standard InChI is InChI=1S/C9H11ClFN/c10-8-4-7(2-1-3-12)5-9(11)6-8/h4-6H,1-3,12H2. The Morgan fingerprint density at radius 3 is 2.67 bits per heavy atom. The number of aryl methyl sites for hydroxylation is 1. The van der Waals surface area contributed by atoms with Gasteiger partial charge in [-0.2, -0.15) is 0 Å². The van der Waals surface area contributed by atoms with Crippen LogP contribution < -0.4 is 5.73 Å². The molecule has 0 aromatic heterocycles. The second kappa shape index (κ2) is 4.43. The van der Waals surface area contributed by atoms with Crippen LogP contribution in [0.5, 0.6) is 0 Å². The average molecular weight is 188 g/mol. The minimum atomic E-state index is -0.283. The predicted molar refractivity (Wildman–Crippen MR) is 48.8 cm³/mol. The molecule has 12 heavy (non-hydrogen) atoms. The van der Waals surface area contributed by atoms with Gasteiger partial charge < -0.3 is 5.73 Å². The van der Waals surface area contributed by atoms with E-state index in [0.29, 0.717) is 11.6 Å². The lowest BCUT2D eigenvalue weighted by atomic mass is 10.1. The molecule has 0 unspecified atom stereocenters. The first-order chi connectivity index (χ1) is 5.72. The van der Waals surface area contributed by atoms with E-state index in [1.807, 2.05) is 0 Å². The molecule has 0 spiro atoms. The number of halogens is 2. The van der Waals surface area contributed by atoms with Gasteiger partial charge in [0.1, 0.15) is 5.82 Å². The fourth-order valence-corrected chi connectivity index (χ4v) is 1.31. The zero-order valence-electron chi connectivity index (χ0n) is 6.69. The summed E-state index contributed by atoms with van der Waals surface area (Å²) < 4.78 is 12.7. The van der Waals surface area contributed by atoms with E-state index in [2.05, 4.69) is 0 Å². The Kier molecular flexibility index (Phi) is 3.50. The molecule has 66 valence electrons. The molecule has 0 aliphatic rings. The van der Waals surface area contributed by atoms with Gasteiger partial charge in [0.2, 0.25) is 0 Å². The zero-order valence-corrected chi connectivity index (χ0v) is 7.44. The lowest BCUT2D eigenvalue weighted by Crippen LogP contribution is -2.00. The van der Waals surface area contributed by atoms with Crippen molar-refractivity contribution in [2.45, 2.75) is 12.8 Å². The molecule has 0 atom stereocenters. The lowest BCUT2D eigenvalue weighted by molar-refractivity contribution is 0.624. The maximum Gasteiger partial charge on any atom is 0.124 e. The maximum atomic E-state index is 12.7. The van der Waals surface area contributed by atoms with Crippen molar-refractivity contribution in [3.8, 4) is 0 Å². The Balaban J connectivity index is 2.72. The molecule has 2 N–H and O–H groups in total. The van der Waals surface area contributed by atoms with Crippen molar-refractivity contribution in [1.29, 1.82) is 0 Å². The summed E-state index contributed by atoms with van der Waals surface area (Å²) in [6, 6.07) is 4.55. The Labute approximate surface area is 76.3 Å². The molecule has 0 fully saturated rings. The molecule has 0 amide bonds. The highest BCUT2D eigenvalue weighted by atomic mass is 35.5. The summed E-state index contributed by atoms with van der Waals surface area (Å²) in [5.41, 5.74) is 6.23. The van der Waals surface area contributed by atoms with Crippen LogP contribution in [0.15, 0.2) is 18.2 Å². The van der Waals surface area contributed by atoms with Gasteiger partial charge in [0, 0.05) is 5.02 Å². The summed E-state index contributed by atoms with van der Waals surface area (Å²) in [5, 5.41) is 0.446. The number of hydrogen-bond donors (Lipinski definition) is 1. The summed E-state index contributed by atoms with van der Waals surface area (Å²) >= 11 is 5.66. The molecule has 1 aromatic carbocycles. The van der Waals surface area contributed by atoms with Crippen LogP contribution >= 0.6 is 11.6 Å². The van der Waals surface area contributed by atoms with Crippen molar-refractivity contribution in [3.05, 3.63) is 34.6 Å². The normalized spacial score (nSPS) is 10.2. The van der Waals surface area contributed by atoms with Crippen molar-refractivity contribution in [2.24, 2.45) is 5.73 Å². The van der Waals surface area contributed by atoms with Crippen LogP contribution in [-0.2, 0) is 6.42 Å². The van der Waals surface area contributed by atoms with Gasteiger partial charge in [-0.15, -0.1) is 0 Å². The molecule has 0 bridgehead atoms. The van der Waals surface area contributed by atoms with E-state index in [1.54, 1.807) is 6.07 Å². The monoisotopic (exact) mass is 187 g/mol. The van der Waals surface area contributed by atoms with E-state index in [0.717, 1.165) is 18.4 Å². The average Bonchev–Trinajstić information content (AvgIpc) is 1.99. The summed E-state index contributed by atoms with van der Waals surface area (Å²) in [4.78, 5) is 0. The molecule has 1 aromatic rings. The van der Waals surface area contributed by atoms with Gasteiger partial charge in [0.25, 0.3) is 0 Å². The highest BCUT2D eigenvalue weighted by Gasteiger charge is 1.98. The highest BCUT2D eigenvalue weighted by molar-refractivity contribution is 6.30. The van der Waals surface area contributed by atoms with Crippen molar-refractivity contribution < 1.29 is 4.39 Å². The van der Waals surface area contributed by atoms with E-state index in [-0.39, 0.29) is 5.82 Å². The summed E-state index contributed by atoms with van der Waals surface area (Å²) in [5.74, 6) is -0.283. The number of hydrogen-bond acceptors (Lipinski definition) is 1. The largest absolute Gasteiger partial charge is 0.330 e. The Hall–Kier alpha value is -0.600. The third-order valence-corrected chi connectivity index (χ3v) is 1.81. The van der Waals surface area contributed by atoms with Gasteiger partial charge in [0.15, 0.2) is 0 Å². The van der Waals surface area contributed by atoms with Crippen LogP contribution in [0, 0.1) is 5.82 Å². The van der Waals surface area contributed by atoms with Crippen LogP contribution in [0.25, 0.3) is 0 Å². The van der Waals surface area contributed by atoms with E-state index < -0.39 is 0 Å². The minimum absolute atomic E-state index is 0.283. The fourth-order valence-electron chi connectivity index (χ4n) is 1.06. The zero-order chi connectivity index (χ0) is 8.97. The molecule has 0 radical (unpaired) electrons. The van der Waals surface area contributed by atoms with Gasteiger partial charge in [-0.3, -0.25) is 0 Å². The van der Waals surface area contributed by atoms with Gasteiger partial charge in [0.05, 0.1) is 0 Å².